The van der Waals surface area contributed by atoms with Gasteiger partial charge < -0.3 is 33.6 Å². The highest BCUT2D eigenvalue weighted by Crippen LogP contribution is 2.26. The highest BCUT2D eigenvalue weighted by Gasteiger charge is 2.33. The molecule has 0 saturated carbocycles. The van der Waals surface area contributed by atoms with Crippen LogP contribution in [-0.2, 0) is 19.2 Å². The molecule has 0 aromatic heterocycles. The summed E-state index contributed by atoms with van der Waals surface area (Å²) in [6.45, 7) is 7.93. The number of hydrogen-bond acceptors (Lipinski definition) is 8. The van der Waals surface area contributed by atoms with Crippen molar-refractivity contribution >= 4 is 46.9 Å². The van der Waals surface area contributed by atoms with Gasteiger partial charge in [-0.05, 0) is 75.6 Å². The van der Waals surface area contributed by atoms with E-state index in [0.29, 0.717) is 52.4 Å². The summed E-state index contributed by atoms with van der Waals surface area (Å²) < 4.78 is 0. The molecule has 3 rings (SSSR count). The number of aliphatic imine (C=N–C) groups is 2. The summed E-state index contributed by atoms with van der Waals surface area (Å²) >= 11 is 0. The second-order valence-corrected chi connectivity index (χ2v) is 17.3. The Morgan fingerprint density at radius 2 is 0.903 bits per heavy atom. The van der Waals surface area contributed by atoms with E-state index in [1.54, 1.807) is 9.80 Å². The highest BCUT2D eigenvalue weighted by molar-refractivity contribution is 5.98. The molecule has 62 heavy (non-hydrogen) atoms. The summed E-state index contributed by atoms with van der Waals surface area (Å²) in [7, 11) is 0. The topological polar surface area (TPSA) is 234 Å². The number of nitrogens with one attached hydrogen (secondary N) is 2. The van der Waals surface area contributed by atoms with Crippen LogP contribution in [0, 0.1) is 0 Å². The predicted molar refractivity (Wildman–Crippen MR) is 252 cm³/mol. The first kappa shape index (κ1) is 51.9. The Balaban J connectivity index is 1.55. The van der Waals surface area contributed by atoms with E-state index < -0.39 is 0 Å². The smallest absolute Gasteiger partial charge is 0.242 e. The van der Waals surface area contributed by atoms with Crippen molar-refractivity contribution in [1.82, 2.24) is 20.4 Å². The maximum atomic E-state index is 13.3. The van der Waals surface area contributed by atoms with E-state index in [9.17, 15) is 19.2 Å². The third-order valence-corrected chi connectivity index (χ3v) is 11.7. The largest absolute Gasteiger partial charge is 0.370 e. The number of carbonyl (C=O) groups excluding carboxylic acids is 4. The van der Waals surface area contributed by atoms with Gasteiger partial charge in [0.25, 0.3) is 0 Å². The molecule has 16 heteroatoms. The lowest BCUT2D eigenvalue weighted by molar-refractivity contribution is -0.123. The van der Waals surface area contributed by atoms with Crippen LogP contribution in [0.4, 0.5) is 11.4 Å². The third-order valence-electron chi connectivity index (χ3n) is 11.7. The van der Waals surface area contributed by atoms with Gasteiger partial charge in [0, 0.05) is 62.5 Å². The molecule has 0 unspecified atom stereocenters. The number of nitrogens with zero attached hydrogens (tertiary/aromatic N) is 6. The Labute approximate surface area is 372 Å². The van der Waals surface area contributed by atoms with Crippen LogP contribution in [0.15, 0.2) is 34.3 Å². The lowest BCUT2D eigenvalue weighted by atomic mass is 10.1. The molecule has 2 fully saturated rings. The van der Waals surface area contributed by atoms with Crippen LogP contribution in [0.25, 0.3) is 0 Å². The van der Waals surface area contributed by atoms with Gasteiger partial charge in [-0.3, -0.25) is 48.8 Å². The average molecular weight is 867 g/mol. The zero-order valence-corrected chi connectivity index (χ0v) is 38.3. The third kappa shape index (κ3) is 21.6. The van der Waals surface area contributed by atoms with Crippen LogP contribution in [0.3, 0.4) is 0 Å². The van der Waals surface area contributed by atoms with Crippen molar-refractivity contribution in [2.24, 2.45) is 32.9 Å². The molecule has 2 aliphatic heterocycles. The number of carbonyl (C=O) groups is 4. The minimum atomic E-state index is -0.103. The quantitative estimate of drug-likeness (QED) is 0.0307. The Morgan fingerprint density at radius 3 is 1.26 bits per heavy atom. The fourth-order valence-electron chi connectivity index (χ4n) is 8.27. The summed E-state index contributed by atoms with van der Waals surface area (Å²) in [5.41, 5.74) is 23.5. The van der Waals surface area contributed by atoms with Crippen LogP contribution in [0.1, 0.15) is 155 Å². The van der Waals surface area contributed by atoms with E-state index >= 15 is 0 Å². The number of benzene rings is 1. The highest BCUT2D eigenvalue weighted by atomic mass is 16.2. The first-order valence-electron chi connectivity index (χ1n) is 23.8. The maximum absolute atomic E-state index is 13.3. The van der Waals surface area contributed by atoms with Crippen molar-refractivity contribution in [3.8, 4) is 0 Å². The van der Waals surface area contributed by atoms with E-state index in [1.807, 2.05) is 24.3 Å². The van der Waals surface area contributed by atoms with Crippen molar-refractivity contribution in [2.45, 2.75) is 167 Å². The lowest BCUT2D eigenvalue weighted by Gasteiger charge is -2.25. The molecule has 1 aromatic rings. The zero-order valence-electron chi connectivity index (χ0n) is 38.3. The molecule has 350 valence electrons. The van der Waals surface area contributed by atoms with Gasteiger partial charge in [0.05, 0.1) is 26.4 Å². The van der Waals surface area contributed by atoms with Gasteiger partial charge in [-0.1, -0.05) is 90.9 Å². The zero-order chi connectivity index (χ0) is 45.0. The number of unbranched alkanes of at least 4 members (excludes halogenated alkanes) is 14. The summed E-state index contributed by atoms with van der Waals surface area (Å²) in [5.74, 6) is 0.233. The van der Waals surface area contributed by atoms with Crippen molar-refractivity contribution in [2.75, 3.05) is 62.4 Å². The lowest BCUT2D eigenvalue weighted by Crippen LogP contribution is -2.43. The van der Waals surface area contributed by atoms with Crippen molar-refractivity contribution in [3.63, 3.8) is 0 Å². The molecule has 2 aliphatic rings. The molecule has 0 aliphatic carbocycles. The van der Waals surface area contributed by atoms with Crippen molar-refractivity contribution in [1.29, 1.82) is 0 Å². The van der Waals surface area contributed by atoms with Crippen LogP contribution in [0.2, 0.25) is 0 Å². The number of nitrogens with two attached hydrogens (primary N) is 4. The Hall–Kier alpha value is -4.44. The van der Waals surface area contributed by atoms with Gasteiger partial charge in [0.2, 0.25) is 23.6 Å². The van der Waals surface area contributed by atoms with E-state index in [-0.39, 0.29) is 60.7 Å². The van der Waals surface area contributed by atoms with Gasteiger partial charge >= 0.3 is 0 Å². The number of amides is 4. The summed E-state index contributed by atoms with van der Waals surface area (Å²) in [6, 6.07) is 7.35. The SMILES string of the molecule is CCCCCCCCCC(=O)N[C@@H](CCCCN=C(N)N)CN1CC(=O)N(c2ccc(N3CN(C[C@H](CCCCN=C(N)N)NC(=O)CCCCCCCCC)CC3=O)cc2)C1. The second kappa shape index (κ2) is 30.6. The number of hydrogen-bond donors (Lipinski definition) is 6. The summed E-state index contributed by atoms with van der Waals surface area (Å²) in [5, 5.41) is 6.51. The van der Waals surface area contributed by atoms with Crippen molar-refractivity contribution < 1.29 is 19.2 Å². The van der Waals surface area contributed by atoms with Crippen LogP contribution >= 0.6 is 0 Å². The van der Waals surface area contributed by atoms with E-state index in [1.165, 1.54) is 51.4 Å². The predicted octanol–water partition coefficient (Wildman–Crippen LogP) is 5.04. The normalized spacial score (nSPS) is 15.5. The first-order valence-corrected chi connectivity index (χ1v) is 23.8. The standard InChI is InChI=1S/C46H82N12O4/c1-3-5-7-9-11-13-15-23-41(59)53-37(21-17-19-29-51-45(47)48)31-55-33-43(61)57(35-55)39-25-27-40(28-26-39)58-36-56(34-44(58)62)32-38(22-18-20-30-52-46(49)50)54-42(60)24-16-14-12-10-8-6-4-2/h25-28,37-38H,3-24,29-36H2,1-2H3,(H,53,59)(H,54,60)(H4,47,48,51)(H4,49,50,52)/t37-,38-/m0/s1. The molecular formula is C46H82N12O4. The fraction of sp³-hybridized carbons (Fsp3) is 0.739. The van der Waals surface area contributed by atoms with Gasteiger partial charge in [-0.25, -0.2) is 0 Å². The summed E-state index contributed by atoms with van der Waals surface area (Å²) in [4.78, 5) is 68.5. The molecule has 4 amide bonds. The second-order valence-electron chi connectivity index (χ2n) is 17.3. The molecule has 2 saturated heterocycles. The number of guanidine groups is 2. The van der Waals surface area contributed by atoms with Crippen LogP contribution in [0.5, 0.6) is 0 Å². The molecule has 16 nitrogen and oxygen atoms in total. The molecule has 0 spiro atoms. The number of rotatable bonds is 34. The summed E-state index contributed by atoms with van der Waals surface area (Å²) in [6.07, 6.45) is 21.9. The number of anilines is 2. The molecule has 1 aromatic carbocycles. The minimum absolute atomic E-state index is 0.0135. The molecular weight excluding hydrogens is 785 g/mol. The maximum Gasteiger partial charge on any atom is 0.242 e. The Kier molecular flexibility index (Phi) is 25.6. The molecule has 2 heterocycles. The monoisotopic (exact) mass is 867 g/mol. The fourth-order valence-corrected chi connectivity index (χ4v) is 8.27. The molecule has 10 N–H and O–H groups in total. The van der Waals surface area contributed by atoms with Gasteiger partial charge in [0.1, 0.15) is 0 Å². The molecule has 2 atom stereocenters. The average Bonchev–Trinajstić information content (AvgIpc) is 3.79. The van der Waals surface area contributed by atoms with Gasteiger partial charge in [-0.2, -0.15) is 0 Å². The molecule has 0 radical (unpaired) electrons. The Morgan fingerprint density at radius 1 is 0.548 bits per heavy atom. The van der Waals surface area contributed by atoms with Crippen molar-refractivity contribution in [3.05, 3.63) is 24.3 Å². The van der Waals surface area contributed by atoms with Gasteiger partial charge in [-0.15, -0.1) is 0 Å². The molecule has 0 bridgehead atoms. The van der Waals surface area contributed by atoms with Crippen LogP contribution < -0.4 is 43.4 Å². The van der Waals surface area contributed by atoms with E-state index in [2.05, 4.69) is 44.3 Å². The van der Waals surface area contributed by atoms with E-state index in [4.69, 9.17) is 22.9 Å². The first-order chi connectivity index (χ1) is 30.0. The minimum Gasteiger partial charge on any atom is -0.370 e. The van der Waals surface area contributed by atoms with Crippen LogP contribution in [-0.4, -0.2) is 110 Å². The van der Waals surface area contributed by atoms with Gasteiger partial charge in [0.15, 0.2) is 11.9 Å². The van der Waals surface area contributed by atoms with E-state index in [0.717, 1.165) is 88.4 Å². The Bertz CT molecular complexity index is 1400.